The first-order chi connectivity index (χ1) is 10.7. The van der Waals surface area contributed by atoms with Gasteiger partial charge in [-0.15, -0.1) is 13.2 Å². The molecule has 1 aromatic carbocycles. The van der Waals surface area contributed by atoms with Crippen LogP contribution in [-0.2, 0) is 19.1 Å². The molecule has 0 aromatic heterocycles. The first kappa shape index (κ1) is 18.6. The molecule has 0 aliphatic rings. The molecule has 126 valence electrons. The van der Waals surface area contributed by atoms with Crippen molar-refractivity contribution in [3.63, 3.8) is 0 Å². The van der Waals surface area contributed by atoms with Crippen LogP contribution >= 0.6 is 11.6 Å². The lowest BCUT2D eigenvalue weighted by Gasteiger charge is -2.15. The topological polar surface area (TPSA) is 73.9 Å². The highest BCUT2D eigenvalue weighted by Crippen LogP contribution is 2.33. The Morgan fingerprint density at radius 2 is 1.87 bits per heavy atom. The molecular formula is C13H11ClF3NO5. The molecule has 0 saturated carbocycles. The van der Waals surface area contributed by atoms with E-state index in [1.54, 1.807) is 0 Å². The quantitative estimate of drug-likeness (QED) is 0.648. The predicted octanol–water partition coefficient (Wildman–Crippen LogP) is 2.88. The van der Waals surface area contributed by atoms with Crippen LogP contribution in [-0.4, -0.2) is 32.5 Å². The number of anilines is 1. The van der Waals surface area contributed by atoms with E-state index < -0.39 is 29.7 Å². The Kier molecular flexibility index (Phi) is 6.26. The molecule has 23 heavy (non-hydrogen) atoms. The summed E-state index contributed by atoms with van der Waals surface area (Å²) in [5.41, 5.74) is -0.760. The molecule has 1 rings (SSSR count). The van der Waals surface area contributed by atoms with E-state index in [-0.39, 0.29) is 10.7 Å². The second kappa shape index (κ2) is 7.73. The van der Waals surface area contributed by atoms with Gasteiger partial charge in [0.2, 0.25) is 0 Å². The van der Waals surface area contributed by atoms with Gasteiger partial charge in [-0.2, -0.15) is 0 Å². The van der Waals surface area contributed by atoms with Gasteiger partial charge < -0.3 is 19.5 Å². The zero-order valence-electron chi connectivity index (χ0n) is 11.9. The van der Waals surface area contributed by atoms with Crippen molar-refractivity contribution in [2.75, 3.05) is 19.5 Å². The molecule has 0 spiro atoms. The lowest BCUT2D eigenvalue weighted by atomic mass is 10.2. The number of carbonyl (C=O) groups excluding carboxylic acids is 2. The number of nitrogens with one attached hydrogen (secondary N) is 1. The Bertz CT molecular complexity index is 631. The van der Waals surface area contributed by atoms with E-state index >= 15 is 0 Å². The molecule has 0 saturated heterocycles. The highest BCUT2D eigenvalue weighted by atomic mass is 35.5. The van der Waals surface area contributed by atoms with Crippen LogP contribution in [0.25, 0.3) is 0 Å². The molecule has 1 aromatic rings. The van der Waals surface area contributed by atoms with Crippen molar-refractivity contribution in [1.29, 1.82) is 0 Å². The average molecular weight is 354 g/mol. The fraction of sp³-hybridized carbons (Fsp3) is 0.231. The number of benzene rings is 1. The maximum absolute atomic E-state index is 12.4. The summed E-state index contributed by atoms with van der Waals surface area (Å²) in [5.74, 6) is -2.58. The van der Waals surface area contributed by atoms with E-state index in [1.165, 1.54) is 0 Å². The van der Waals surface area contributed by atoms with E-state index in [9.17, 15) is 22.8 Å². The number of hydrogen-bond acceptors (Lipinski definition) is 6. The van der Waals surface area contributed by atoms with Crippen molar-refractivity contribution in [3.05, 3.63) is 35.0 Å². The maximum atomic E-state index is 12.4. The average Bonchev–Trinajstić information content (AvgIpc) is 2.47. The van der Waals surface area contributed by atoms with Gasteiger partial charge in [0.1, 0.15) is 5.70 Å². The Morgan fingerprint density at radius 3 is 2.39 bits per heavy atom. The van der Waals surface area contributed by atoms with Crippen molar-refractivity contribution in [2.24, 2.45) is 0 Å². The minimum Gasteiger partial charge on any atom is -0.466 e. The molecule has 0 aliphatic heterocycles. The second-order valence-electron chi connectivity index (χ2n) is 3.89. The first-order valence-corrected chi connectivity index (χ1v) is 6.24. The lowest BCUT2D eigenvalue weighted by molar-refractivity contribution is -0.274. The summed E-state index contributed by atoms with van der Waals surface area (Å²) in [6.07, 6.45) is -4.24. The van der Waals surface area contributed by atoms with Crippen LogP contribution in [0.2, 0.25) is 5.02 Å². The zero-order chi connectivity index (χ0) is 17.6. The van der Waals surface area contributed by atoms with Gasteiger partial charge in [-0.25, -0.2) is 9.59 Å². The smallest absolute Gasteiger partial charge is 0.466 e. The van der Waals surface area contributed by atoms with Crippen molar-refractivity contribution < 1.29 is 37.0 Å². The molecule has 6 nitrogen and oxygen atoms in total. The van der Waals surface area contributed by atoms with Gasteiger partial charge in [0, 0.05) is 5.02 Å². The third-order valence-corrected chi connectivity index (χ3v) is 2.54. The third-order valence-electron chi connectivity index (χ3n) is 2.31. The zero-order valence-corrected chi connectivity index (χ0v) is 12.6. The molecule has 0 radical (unpaired) electrons. The van der Waals surface area contributed by atoms with E-state index in [0.717, 1.165) is 32.4 Å². The molecule has 0 fully saturated rings. The number of ether oxygens (including phenoxy) is 3. The van der Waals surface area contributed by atoms with Gasteiger partial charge in [0.05, 0.1) is 26.0 Å². The summed E-state index contributed by atoms with van der Waals surface area (Å²) in [4.78, 5) is 22.8. The Labute approximate surface area is 133 Å². The molecule has 0 heterocycles. The molecule has 0 aliphatic carbocycles. The molecular weight excluding hydrogens is 343 g/mol. The van der Waals surface area contributed by atoms with E-state index in [4.69, 9.17) is 11.6 Å². The van der Waals surface area contributed by atoms with Crippen LogP contribution in [0.5, 0.6) is 5.75 Å². The Balaban J connectivity index is 3.22. The molecule has 0 bridgehead atoms. The first-order valence-electron chi connectivity index (χ1n) is 5.86. The predicted molar refractivity (Wildman–Crippen MR) is 73.9 cm³/mol. The summed E-state index contributed by atoms with van der Waals surface area (Å²) in [6.45, 7) is 0. The summed E-state index contributed by atoms with van der Waals surface area (Å²) < 4.78 is 49.7. The monoisotopic (exact) mass is 353 g/mol. The largest absolute Gasteiger partial charge is 0.573 e. The van der Waals surface area contributed by atoms with Gasteiger partial charge in [0.15, 0.2) is 5.75 Å². The molecule has 10 heteroatoms. The van der Waals surface area contributed by atoms with Crippen LogP contribution < -0.4 is 10.1 Å². The minimum absolute atomic E-state index is 0.0734. The maximum Gasteiger partial charge on any atom is 0.573 e. The normalized spacial score (nSPS) is 11.7. The van der Waals surface area contributed by atoms with Crippen molar-refractivity contribution >= 4 is 29.2 Å². The number of carbonyl (C=O) groups is 2. The Hall–Kier alpha value is -2.42. The number of esters is 2. The summed E-state index contributed by atoms with van der Waals surface area (Å²) in [5, 5.41) is 2.38. The molecule has 0 unspecified atom stereocenters. The SMILES string of the molecule is COC(=O)/C=C(/Nc1cc(Cl)ccc1OC(F)(F)F)C(=O)OC. The Morgan fingerprint density at radius 1 is 1.22 bits per heavy atom. The van der Waals surface area contributed by atoms with Crippen LogP contribution in [0.4, 0.5) is 18.9 Å². The summed E-state index contributed by atoms with van der Waals surface area (Å²) >= 11 is 5.71. The number of alkyl halides is 3. The van der Waals surface area contributed by atoms with Gasteiger partial charge in [-0.3, -0.25) is 0 Å². The van der Waals surface area contributed by atoms with E-state index in [2.05, 4.69) is 19.5 Å². The molecule has 1 N–H and O–H groups in total. The van der Waals surface area contributed by atoms with Crippen molar-refractivity contribution in [1.82, 2.24) is 0 Å². The van der Waals surface area contributed by atoms with Crippen LogP contribution in [0.1, 0.15) is 0 Å². The minimum atomic E-state index is -4.96. The fourth-order valence-electron chi connectivity index (χ4n) is 1.39. The second-order valence-corrected chi connectivity index (χ2v) is 4.32. The highest BCUT2D eigenvalue weighted by molar-refractivity contribution is 6.31. The van der Waals surface area contributed by atoms with Gasteiger partial charge in [-0.05, 0) is 18.2 Å². The fourth-order valence-corrected chi connectivity index (χ4v) is 1.56. The molecule has 0 atom stereocenters. The van der Waals surface area contributed by atoms with Gasteiger partial charge in [0.25, 0.3) is 0 Å². The third kappa shape index (κ3) is 6.07. The number of methoxy groups -OCH3 is 2. The highest BCUT2D eigenvalue weighted by Gasteiger charge is 2.32. The van der Waals surface area contributed by atoms with E-state index in [0.29, 0.717) is 6.08 Å². The van der Waals surface area contributed by atoms with Crippen LogP contribution in [0.15, 0.2) is 30.0 Å². The lowest BCUT2D eigenvalue weighted by Crippen LogP contribution is -2.20. The standard InChI is InChI=1S/C13H11ClF3NO5/c1-21-11(19)6-9(12(20)22-2)18-8-5-7(14)3-4-10(8)23-13(15,16)17/h3-6,18H,1-2H3/b9-6+. The number of rotatable bonds is 5. The summed E-state index contributed by atoms with van der Waals surface area (Å²) in [7, 11) is 2.09. The van der Waals surface area contributed by atoms with Crippen LogP contribution in [0, 0.1) is 0 Å². The van der Waals surface area contributed by atoms with Crippen LogP contribution in [0.3, 0.4) is 0 Å². The van der Waals surface area contributed by atoms with Gasteiger partial charge >= 0.3 is 18.3 Å². The number of halogens is 4. The van der Waals surface area contributed by atoms with E-state index in [1.807, 2.05) is 0 Å². The molecule has 0 amide bonds. The number of hydrogen-bond donors (Lipinski definition) is 1. The van der Waals surface area contributed by atoms with Crippen molar-refractivity contribution in [3.8, 4) is 5.75 Å². The van der Waals surface area contributed by atoms with Gasteiger partial charge in [-0.1, -0.05) is 11.6 Å². The summed E-state index contributed by atoms with van der Waals surface area (Å²) in [6, 6.07) is 3.19. The van der Waals surface area contributed by atoms with Crippen molar-refractivity contribution in [2.45, 2.75) is 6.36 Å².